The number of hydrogen-bond acceptors (Lipinski definition) is 2. The van der Waals surface area contributed by atoms with Crippen molar-refractivity contribution in [3.63, 3.8) is 0 Å². The molecule has 1 aromatic carbocycles. The Hall–Kier alpha value is -0.000000000000000111. The van der Waals surface area contributed by atoms with Crippen LogP contribution in [0.15, 0.2) is 27.1 Å². The second kappa shape index (κ2) is 9.83. The summed E-state index contributed by atoms with van der Waals surface area (Å²) in [5.41, 5.74) is 0.684. The molecule has 2 nitrogen and oxygen atoms in total. The highest BCUT2D eigenvalue weighted by Crippen LogP contribution is 2.20. The fourth-order valence-corrected chi connectivity index (χ4v) is 3.50. The first-order chi connectivity index (χ1) is 9.13. The molecule has 0 heterocycles. The first-order valence-corrected chi connectivity index (χ1v) is 9.34. The Balaban J connectivity index is 2.24. The highest BCUT2D eigenvalue weighted by molar-refractivity contribution is 9.11. The molecule has 0 saturated heterocycles. The van der Waals surface area contributed by atoms with Crippen LogP contribution in [0.5, 0.6) is 0 Å². The quantitative estimate of drug-likeness (QED) is 0.622. The van der Waals surface area contributed by atoms with Crippen LogP contribution in [-0.2, 0) is 0 Å². The zero-order valence-electron chi connectivity index (χ0n) is 11.0. The van der Waals surface area contributed by atoms with Crippen molar-refractivity contribution >= 4 is 49.5 Å². The molecule has 106 valence electrons. The molecule has 0 atom stereocenters. The SMILES string of the molecule is CSCCCCCCNC(=O)c1cc(Br)cc(Br)c1. The van der Waals surface area contributed by atoms with E-state index in [9.17, 15) is 4.79 Å². The molecule has 1 aromatic rings. The summed E-state index contributed by atoms with van der Waals surface area (Å²) < 4.78 is 1.81. The smallest absolute Gasteiger partial charge is 0.251 e. The maximum absolute atomic E-state index is 11.9. The van der Waals surface area contributed by atoms with Crippen LogP contribution >= 0.6 is 43.6 Å². The Kier molecular flexibility index (Phi) is 8.83. The Bertz CT molecular complexity index is 392. The number of thioether (sulfide) groups is 1. The molecule has 0 spiro atoms. The molecule has 0 aliphatic heterocycles. The van der Waals surface area contributed by atoms with Crippen molar-refractivity contribution < 1.29 is 4.79 Å². The van der Waals surface area contributed by atoms with Gasteiger partial charge in [0.15, 0.2) is 0 Å². The molecule has 1 rings (SSSR count). The minimum Gasteiger partial charge on any atom is -0.352 e. The van der Waals surface area contributed by atoms with E-state index in [0.717, 1.165) is 21.9 Å². The molecule has 19 heavy (non-hydrogen) atoms. The molecular formula is C14H19Br2NOS. The summed E-state index contributed by atoms with van der Waals surface area (Å²) in [7, 11) is 0. The normalized spacial score (nSPS) is 10.5. The maximum Gasteiger partial charge on any atom is 0.251 e. The van der Waals surface area contributed by atoms with Crippen LogP contribution in [0.3, 0.4) is 0 Å². The predicted molar refractivity (Wildman–Crippen MR) is 91.0 cm³/mol. The lowest BCUT2D eigenvalue weighted by molar-refractivity contribution is 0.0953. The Morgan fingerprint density at radius 2 is 1.74 bits per heavy atom. The minimum absolute atomic E-state index is 0.00823. The van der Waals surface area contributed by atoms with Gasteiger partial charge >= 0.3 is 0 Å². The van der Waals surface area contributed by atoms with Crippen LogP contribution in [-0.4, -0.2) is 24.5 Å². The van der Waals surface area contributed by atoms with Crippen molar-refractivity contribution in [1.29, 1.82) is 0 Å². The van der Waals surface area contributed by atoms with E-state index in [1.165, 1.54) is 25.0 Å². The topological polar surface area (TPSA) is 29.1 Å². The Labute approximate surface area is 136 Å². The standard InChI is InChI=1S/C14H19Br2NOS/c1-19-7-5-3-2-4-6-17-14(18)11-8-12(15)10-13(16)9-11/h8-10H,2-7H2,1H3,(H,17,18). The van der Waals surface area contributed by atoms with Gasteiger partial charge in [-0.3, -0.25) is 4.79 Å². The average Bonchev–Trinajstić information content (AvgIpc) is 2.36. The van der Waals surface area contributed by atoms with Crippen molar-refractivity contribution in [1.82, 2.24) is 5.32 Å². The number of benzene rings is 1. The fraction of sp³-hybridized carbons (Fsp3) is 0.500. The van der Waals surface area contributed by atoms with E-state index in [0.29, 0.717) is 5.56 Å². The van der Waals surface area contributed by atoms with Crippen molar-refractivity contribution in [2.24, 2.45) is 0 Å². The zero-order valence-corrected chi connectivity index (χ0v) is 15.0. The number of carbonyl (C=O) groups excluding carboxylic acids is 1. The third kappa shape index (κ3) is 7.37. The molecule has 1 N–H and O–H groups in total. The van der Waals surface area contributed by atoms with E-state index in [4.69, 9.17) is 0 Å². The van der Waals surface area contributed by atoms with Gasteiger partial charge in [-0.2, -0.15) is 11.8 Å². The predicted octanol–water partition coefficient (Wildman–Crippen LogP) is 4.86. The number of nitrogens with one attached hydrogen (secondary N) is 1. The molecule has 0 bridgehead atoms. The average molecular weight is 409 g/mol. The third-order valence-electron chi connectivity index (χ3n) is 2.69. The van der Waals surface area contributed by atoms with Crippen LogP contribution in [0, 0.1) is 0 Å². The molecule has 5 heteroatoms. The lowest BCUT2D eigenvalue weighted by Crippen LogP contribution is -2.24. The van der Waals surface area contributed by atoms with Crippen LogP contribution in [0.2, 0.25) is 0 Å². The number of carbonyl (C=O) groups is 1. The Morgan fingerprint density at radius 3 is 2.37 bits per heavy atom. The van der Waals surface area contributed by atoms with Crippen LogP contribution in [0.4, 0.5) is 0 Å². The highest BCUT2D eigenvalue weighted by atomic mass is 79.9. The molecule has 0 unspecified atom stereocenters. The van der Waals surface area contributed by atoms with E-state index in [1.807, 2.05) is 30.0 Å². The van der Waals surface area contributed by atoms with Gasteiger partial charge in [0.1, 0.15) is 0 Å². The summed E-state index contributed by atoms with van der Waals surface area (Å²) in [6.45, 7) is 0.752. The molecule has 0 aliphatic rings. The molecular weight excluding hydrogens is 390 g/mol. The molecule has 0 aromatic heterocycles. The van der Waals surface area contributed by atoms with Crippen molar-refractivity contribution in [3.8, 4) is 0 Å². The molecule has 0 fully saturated rings. The second-order valence-electron chi connectivity index (χ2n) is 4.32. The fourth-order valence-electron chi connectivity index (χ4n) is 1.71. The number of unbranched alkanes of at least 4 members (excludes halogenated alkanes) is 3. The van der Waals surface area contributed by atoms with Crippen molar-refractivity contribution in [2.75, 3.05) is 18.6 Å². The summed E-state index contributed by atoms with van der Waals surface area (Å²) >= 11 is 8.66. The Morgan fingerprint density at radius 1 is 1.11 bits per heavy atom. The van der Waals surface area contributed by atoms with Crippen molar-refractivity contribution in [2.45, 2.75) is 25.7 Å². The summed E-state index contributed by atoms with van der Waals surface area (Å²) in [5, 5.41) is 2.96. The van der Waals surface area contributed by atoms with Gasteiger partial charge in [-0.1, -0.05) is 44.7 Å². The summed E-state index contributed by atoms with van der Waals surface area (Å²) in [4.78, 5) is 11.9. The van der Waals surface area contributed by atoms with Gasteiger partial charge in [0, 0.05) is 21.1 Å². The van der Waals surface area contributed by atoms with Crippen LogP contribution < -0.4 is 5.32 Å². The zero-order chi connectivity index (χ0) is 14.1. The number of hydrogen-bond donors (Lipinski definition) is 1. The number of rotatable bonds is 8. The van der Waals surface area contributed by atoms with Gasteiger partial charge in [0.2, 0.25) is 0 Å². The van der Waals surface area contributed by atoms with E-state index >= 15 is 0 Å². The van der Waals surface area contributed by atoms with E-state index in [2.05, 4.69) is 43.4 Å². The monoisotopic (exact) mass is 407 g/mol. The summed E-state index contributed by atoms with van der Waals surface area (Å²) in [5.74, 6) is 1.23. The van der Waals surface area contributed by atoms with Gasteiger partial charge in [-0.05, 0) is 43.0 Å². The first kappa shape index (κ1) is 17.1. The molecule has 0 radical (unpaired) electrons. The number of halogens is 2. The minimum atomic E-state index is -0.00823. The second-order valence-corrected chi connectivity index (χ2v) is 7.14. The summed E-state index contributed by atoms with van der Waals surface area (Å²) in [6.07, 6.45) is 6.89. The molecule has 1 amide bonds. The highest BCUT2D eigenvalue weighted by Gasteiger charge is 2.06. The molecule has 0 aliphatic carbocycles. The van der Waals surface area contributed by atoms with E-state index in [1.54, 1.807) is 0 Å². The van der Waals surface area contributed by atoms with Gasteiger partial charge in [-0.15, -0.1) is 0 Å². The lowest BCUT2D eigenvalue weighted by Gasteiger charge is -2.06. The summed E-state index contributed by atoms with van der Waals surface area (Å²) in [6, 6.07) is 5.58. The maximum atomic E-state index is 11.9. The van der Waals surface area contributed by atoms with Crippen molar-refractivity contribution in [3.05, 3.63) is 32.7 Å². The van der Waals surface area contributed by atoms with Crippen LogP contribution in [0.25, 0.3) is 0 Å². The van der Waals surface area contributed by atoms with Gasteiger partial charge in [0.25, 0.3) is 5.91 Å². The van der Waals surface area contributed by atoms with E-state index in [-0.39, 0.29) is 5.91 Å². The van der Waals surface area contributed by atoms with Gasteiger partial charge in [0.05, 0.1) is 0 Å². The first-order valence-electron chi connectivity index (χ1n) is 6.36. The van der Waals surface area contributed by atoms with Gasteiger partial charge in [-0.25, -0.2) is 0 Å². The largest absolute Gasteiger partial charge is 0.352 e. The van der Waals surface area contributed by atoms with Gasteiger partial charge < -0.3 is 5.32 Å². The molecule has 0 saturated carbocycles. The third-order valence-corrected chi connectivity index (χ3v) is 4.30. The number of amides is 1. The van der Waals surface area contributed by atoms with Crippen LogP contribution in [0.1, 0.15) is 36.0 Å². The van der Waals surface area contributed by atoms with E-state index < -0.39 is 0 Å². The lowest BCUT2D eigenvalue weighted by atomic mass is 10.2.